The lowest BCUT2D eigenvalue weighted by molar-refractivity contribution is -0.143. The first-order chi connectivity index (χ1) is 20.6. The number of carbonyl (C=O) groups is 5. The molecule has 3 N–H and O–H groups in total. The van der Waals surface area contributed by atoms with Gasteiger partial charge < -0.3 is 25.7 Å². The summed E-state index contributed by atoms with van der Waals surface area (Å²) in [6, 6.07) is 4.33. The highest BCUT2D eigenvalue weighted by atomic mass is 35.5. The second-order valence-electron chi connectivity index (χ2n) is 11.4. The standard InChI is InChI=1S/C30H40ClN5O6S/c1-4-7-22(26(38)28(40)33-21-10-11-21)34-27(39)25-16-30(15-24(35-42-30)19-8-6-9-20(31)14-19)17-36(25)29(41)23(32-18(3)37)12-13-43-5-2/h6,8-9,14,21-23,25H,4-5,7,10-13,15-17H2,1-3H3,(H,32,37)(H,33,40)(H,34,39)/t22-,23-,25-,30+/m0/s1. The Labute approximate surface area is 261 Å². The van der Waals surface area contributed by atoms with Gasteiger partial charge in [0.05, 0.1) is 18.3 Å². The monoisotopic (exact) mass is 633 g/mol. The summed E-state index contributed by atoms with van der Waals surface area (Å²) in [6.45, 7) is 5.28. The minimum Gasteiger partial charge on any atom is -0.387 e. The molecule has 13 heteroatoms. The Morgan fingerprint density at radius 2 is 1.91 bits per heavy atom. The van der Waals surface area contributed by atoms with Crippen molar-refractivity contribution >= 4 is 58.5 Å². The Morgan fingerprint density at radius 3 is 2.56 bits per heavy atom. The van der Waals surface area contributed by atoms with Gasteiger partial charge >= 0.3 is 0 Å². The molecule has 1 aromatic carbocycles. The van der Waals surface area contributed by atoms with Crippen LogP contribution in [0.3, 0.4) is 0 Å². The number of hydrogen-bond donors (Lipinski definition) is 3. The SMILES string of the molecule is CCC[C@H](NC(=O)[C@@H]1C[C@]2(CC(c3cccc(Cl)c3)=NO2)CN1C(=O)[C@H](CCSCC)NC(C)=O)C(=O)C(=O)NC1CC1. The largest absolute Gasteiger partial charge is 0.387 e. The van der Waals surface area contributed by atoms with Crippen LogP contribution in [0.25, 0.3) is 0 Å². The molecule has 4 rings (SSSR count). The van der Waals surface area contributed by atoms with Gasteiger partial charge in [-0.25, -0.2) is 0 Å². The van der Waals surface area contributed by atoms with E-state index in [1.54, 1.807) is 23.9 Å². The van der Waals surface area contributed by atoms with Gasteiger partial charge in [-0.1, -0.05) is 49.2 Å². The van der Waals surface area contributed by atoms with Crippen molar-refractivity contribution in [2.45, 2.75) is 95.5 Å². The van der Waals surface area contributed by atoms with E-state index >= 15 is 0 Å². The van der Waals surface area contributed by atoms with Gasteiger partial charge in [-0.05, 0) is 49.3 Å². The number of likely N-dealkylation sites (tertiary alicyclic amines) is 1. The third-order valence-corrected chi connectivity index (χ3v) is 8.93. The summed E-state index contributed by atoms with van der Waals surface area (Å²) in [5, 5.41) is 13.1. The van der Waals surface area contributed by atoms with Gasteiger partial charge in [0.15, 0.2) is 5.60 Å². The van der Waals surface area contributed by atoms with Gasteiger partial charge in [-0.15, -0.1) is 0 Å². The average Bonchev–Trinajstić information content (AvgIpc) is 3.56. The lowest BCUT2D eigenvalue weighted by Crippen LogP contribution is -2.56. The zero-order chi connectivity index (χ0) is 31.1. The fourth-order valence-electron chi connectivity index (χ4n) is 5.47. The van der Waals surface area contributed by atoms with Gasteiger partial charge in [0.1, 0.15) is 12.1 Å². The first kappa shape index (κ1) is 32.8. The van der Waals surface area contributed by atoms with E-state index in [0.717, 1.165) is 24.2 Å². The van der Waals surface area contributed by atoms with Crippen LogP contribution in [0, 0.1) is 0 Å². The molecule has 1 saturated heterocycles. The first-order valence-electron chi connectivity index (χ1n) is 14.9. The van der Waals surface area contributed by atoms with Gasteiger partial charge in [-0.3, -0.25) is 24.0 Å². The number of nitrogens with zero attached hydrogens (tertiary/aromatic N) is 2. The molecule has 4 atom stereocenters. The smallest absolute Gasteiger partial charge is 0.289 e. The highest BCUT2D eigenvalue weighted by Crippen LogP contribution is 2.39. The molecule has 4 amide bonds. The van der Waals surface area contributed by atoms with Crippen molar-refractivity contribution in [3.8, 4) is 0 Å². The summed E-state index contributed by atoms with van der Waals surface area (Å²) >= 11 is 7.84. The summed E-state index contributed by atoms with van der Waals surface area (Å²) in [6.07, 6.45) is 3.33. The Bertz CT molecular complexity index is 1270. The van der Waals surface area contributed by atoms with Crippen LogP contribution in [0.1, 0.15) is 71.3 Å². The van der Waals surface area contributed by atoms with E-state index < -0.39 is 47.2 Å². The van der Waals surface area contributed by atoms with E-state index in [9.17, 15) is 24.0 Å². The number of nitrogens with one attached hydrogen (secondary N) is 3. The summed E-state index contributed by atoms with van der Waals surface area (Å²) in [5.74, 6) is -1.23. The molecule has 2 aliphatic heterocycles. The number of Topliss-reactive ketones (excluding diaryl/α,β-unsaturated/α-hetero) is 1. The molecule has 0 bridgehead atoms. The second kappa shape index (κ2) is 14.6. The van der Waals surface area contributed by atoms with Crippen molar-refractivity contribution in [1.82, 2.24) is 20.9 Å². The molecule has 3 aliphatic rings. The predicted molar refractivity (Wildman–Crippen MR) is 165 cm³/mol. The lowest BCUT2D eigenvalue weighted by Gasteiger charge is -2.29. The Morgan fingerprint density at radius 1 is 1.14 bits per heavy atom. The Kier molecular flexibility index (Phi) is 11.1. The van der Waals surface area contributed by atoms with E-state index in [2.05, 4.69) is 21.1 Å². The molecular formula is C30H40ClN5O6S. The van der Waals surface area contributed by atoms with Gasteiger partial charge in [-0.2, -0.15) is 11.8 Å². The third kappa shape index (κ3) is 8.50. The fraction of sp³-hybridized carbons (Fsp3) is 0.600. The van der Waals surface area contributed by atoms with Crippen LogP contribution >= 0.6 is 23.4 Å². The number of halogens is 1. The molecule has 1 aliphatic carbocycles. The minimum absolute atomic E-state index is 0.00187. The van der Waals surface area contributed by atoms with Crippen LogP contribution in [-0.2, 0) is 28.8 Å². The fourth-order valence-corrected chi connectivity index (χ4v) is 6.35. The molecule has 2 heterocycles. The summed E-state index contributed by atoms with van der Waals surface area (Å²) in [4.78, 5) is 72.8. The van der Waals surface area contributed by atoms with Crippen molar-refractivity contribution in [3.05, 3.63) is 34.9 Å². The molecule has 0 unspecified atom stereocenters. The van der Waals surface area contributed by atoms with Crippen molar-refractivity contribution in [2.24, 2.45) is 5.16 Å². The average molecular weight is 634 g/mol. The number of benzene rings is 1. The minimum atomic E-state index is -1.03. The molecular weight excluding hydrogens is 594 g/mol. The maximum absolute atomic E-state index is 14.0. The van der Waals surface area contributed by atoms with Crippen molar-refractivity contribution in [1.29, 1.82) is 0 Å². The van der Waals surface area contributed by atoms with Crippen LogP contribution in [0.4, 0.5) is 0 Å². The molecule has 0 aromatic heterocycles. The summed E-state index contributed by atoms with van der Waals surface area (Å²) in [5.41, 5.74) is 0.435. The van der Waals surface area contributed by atoms with Crippen LogP contribution in [-0.4, -0.2) is 87.8 Å². The quantitative estimate of drug-likeness (QED) is 0.211. The van der Waals surface area contributed by atoms with Gasteiger partial charge in [0.25, 0.3) is 5.91 Å². The number of oxime groups is 1. The molecule has 1 saturated carbocycles. The first-order valence-corrected chi connectivity index (χ1v) is 16.4. The van der Waals surface area contributed by atoms with E-state index in [1.165, 1.54) is 11.8 Å². The maximum Gasteiger partial charge on any atom is 0.289 e. The van der Waals surface area contributed by atoms with Crippen LogP contribution in [0.2, 0.25) is 5.02 Å². The topological polar surface area (TPSA) is 146 Å². The van der Waals surface area contributed by atoms with Crippen molar-refractivity contribution in [3.63, 3.8) is 0 Å². The number of ketones is 1. The van der Waals surface area contributed by atoms with Gasteiger partial charge in [0, 0.05) is 36.4 Å². The van der Waals surface area contributed by atoms with Crippen LogP contribution in [0.15, 0.2) is 29.4 Å². The number of rotatable bonds is 14. The number of amides is 4. The Balaban J connectivity index is 1.57. The highest BCUT2D eigenvalue weighted by Gasteiger charge is 2.54. The molecule has 234 valence electrons. The summed E-state index contributed by atoms with van der Waals surface area (Å²) < 4.78 is 0. The second-order valence-corrected chi connectivity index (χ2v) is 13.2. The molecule has 1 spiro atoms. The van der Waals surface area contributed by atoms with Crippen LogP contribution in [0.5, 0.6) is 0 Å². The van der Waals surface area contributed by atoms with Crippen molar-refractivity contribution < 1.29 is 28.8 Å². The van der Waals surface area contributed by atoms with E-state index in [-0.39, 0.29) is 31.3 Å². The molecule has 1 aromatic rings. The predicted octanol–water partition coefficient (Wildman–Crippen LogP) is 2.58. The van der Waals surface area contributed by atoms with E-state index in [0.29, 0.717) is 35.7 Å². The van der Waals surface area contributed by atoms with Gasteiger partial charge in [0.2, 0.25) is 23.5 Å². The summed E-state index contributed by atoms with van der Waals surface area (Å²) in [7, 11) is 0. The molecule has 2 fully saturated rings. The van der Waals surface area contributed by atoms with E-state index in [4.69, 9.17) is 16.4 Å². The number of thioether (sulfide) groups is 1. The molecule has 0 radical (unpaired) electrons. The zero-order valence-corrected chi connectivity index (χ0v) is 26.4. The highest BCUT2D eigenvalue weighted by molar-refractivity contribution is 7.99. The maximum atomic E-state index is 14.0. The third-order valence-electron chi connectivity index (χ3n) is 7.76. The van der Waals surface area contributed by atoms with Crippen molar-refractivity contribution in [2.75, 3.05) is 18.1 Å². The normalized spacial score (nSPS) is 22.4. The molecule has 11 nitrogen and oxygen atoms in total. The Hall–Kier alpha value is -3.12. The number of carbonyl (C=O) groups excluding carboxylic acids is 5. The number of hydrogen-bond acceptors (Lipinski definition) is 8. The molecule has 43 heavy (non-hydrogen) atoms. The van der Waals surface area contributed by atoms with E-state index in [1.807, 2.05) is 26.0 Å². The lowest BCUT2D eigenvalue weighted by atomic mass is 9.91. The van der Waals surface area contributed by atoms with Crippen LogP contribution < -0.4 is 16.0 Å². The zero-order valence-electron chi connectivity index (χ0n) is 24.8.